The molecule has 0 N–H and O–H groups in total. The minimum atomic E-state index is 0.130. The Hall–Kier alpha value is -1.89. The molecule has 1 heteroatoms. The summed E-state index contributed by atoms with van der Waals surface area (Å²) >= 11 is 0. The van der Waals surface area contributed by atoms with Crippen LogP contribution in [0.2, 0.25) is 0 Å². The average molecular weight is 250 g/mol. The van der Waals surface area contributed by atoms with E-state index >= 15 is 0 Å². The van der Waals surface area contributed by atoms with Crippen molar-refractivity contribution in [3.05, 3.63) is 70.8 Å². The predicted molar refractivity (Wildman–Crippen MR) is 77.5 cm³/mol. The Morgan fingerprint density at radius 3 is 2.37 bits per heavy atom. The molecule has 0 amide bonds. The first-order valence-electron chi connectivity index (χ1n) is 6.98. The molecule has 0 heterocycles. The van der Waals surface area contributed by atoms with Crippen LogP contribution in [0.5, 0.6) is 0 Å². The largest absolute Gasteiger partial charge is 0.294 e. The summed E-state index contributed by atoms with van der Waals surface area (Å²) in [5.74, 6) is 0.444. The minimum Gasteiger partial charge on any atom is -0.294 e. The first kappa shape index (κ1) is 12.2. The monoisotopic (exact) mass is 250 g/mol. The van der Waals surface area contributed by atoms with Crippen molar-refractivity contribution in [1.29, 1.82) is 0 Å². The van der Waals surface area contributed by atoms with Crippen LogP contribution in [0.3, 0.4) is 0 Å². The fourth-order valence-electron chi connectivity index (χ4n) is 2.88. The quantitative estimate of drug-likeness (QED) is 0.808. The lowest BCUT2D eigenvalue weighted by Crippen LogP contribution is -2.12. The van der Waals surface area contributed by atoms with Crippen molar-refractivity contribution >= 4 is 5.78 Å². The van der Waals surface area contributed by atoms with E-state index in [0.717, 1.165) is 24.8 Å². The van der Waals surface area contributed by atoms with Gasteiger partial charge in [0.15, 0.2) is 5.78 Å². The van der Waals surface area contributed by atoms with Gasteiger partial charge in [0.2, 0.25) is 0 Å². The Bertz CT molecular complexity index is 595. The van der Waals surface area contributed by atoms with Crippen molar-refractivity contribution in [2.45, 2.75) is 26.2 Å². The molecule has 0 fully saturated rings. The van der Waals surface area contributed by atoms with Crippen LogP contribution in [0.1, 0.15) is 34.0 Å². The third-order valence-electron chi connectivity index (χ3n) is 4.03. The normalized spacial score (nSPS) is 17.5. The molecule has 1 atom stereocenters. The molecule has 2 aromatic carbocycles. The van der Waals surface area contributed by atoms with Crippen LogP contribution < -0.4 is 0 Å². The summed E-state index contributed by atoms with van der Waals surface area (Å²) < 4.78 is 0. The van der Waals surface area contributed by atoms with Gasteiger partial charge in [-0.1, -0.05) is 55.5 Å². The maximum Gasteiger partial charge on any atom is 0.166 e. The number of aryl methyl sites for hydroxylation is 1. The van der Waals surface area contributed by atoms with Gasteiger partial charge in [0.05, 0.1) is 0 Å². The number of Topliss-reactive ketones (excluding diaryl/α,β-unsaturated/α-hetero) is 1. The Morgan fingerprint density at radius 1 is 1.00 bits per heavy atom. The third-order valence-corrected chi connectivity index (χ3v) is 4.03. The van der Waals surface area contributed by atoms with E-state index in [1.165, 1.54) is 16.7 Å². The maximum atomic E-state index is 12.3. The van der Waals surface area contributed by atoms with Gasteiger partial charge in [-0.2, -0.15) is 0 Å². The number of carbonyl (C=O) groups excluding carboxylic acids is 1. The van der Waals surface area contributed by atoms with Gasteiger partial charge in [0, 0.05) is 11.5 Å². The van der Waals surface area contributed by atoms with Crippen molar-refractivity contribution in [3.63, 3.8) is 0 Å². The van der Waals surface area contributed by atoms with Gasteiger partial charge in [-0.25, -0.2) is 0 Å². The molecule has 0 saturated carbocycles. The summed E-state index contributed by atoms with van der Waals surface area (Å²) in [4.78, 5) is 12.3. The van der Waals surface area contributed by atoms with Gasteiger partial charge in [-0.15, -0.1) is 0 Å². The Morgan fingerprint density at radius 2 is 1.68 bits per heavy atom. The molecule has 0 aliphatic heterocycles. The summed E-state index contributed by atoms with van der Waals surface area (Å²) in [5.41, 5.74) is 4.76. The predicted octanol–water partition coefficient (Wildman–Crippen LogP) is 3.85. The Labute approximate surface area is 114 Å². The maximum absolute atomic E-state index is 12.3. The molecular weight excluding hydrogens is 232 g/mol. The summed E-state index contributed by atoms with van der Waals surface area (Å²) in [6.07, 6.45) is 2.82. The lowest BCUT2D eigenvalue weighted by atomic mass is 9.95. The molecule has 0 radical (unpaired) electrons. The van der Waals surface area contributed by atoms with E-state index < -0.39 is 0 Å². The molecule has 0 bridgehead atoms. The highest BCUT2D eigenvalue weighted by molar-refractivity contribution is 6.02. The van der Waals surface area contributed by atoms with E-state index in [9.17, 15) is 4.79 Å². The second kappa shape index (κ2) is 5.00. The molecule has 1 nitrogen and oxygen atoms in total. The molecule has 0 saturated heterocycles. The number of carbonyl (C=O) groups is 1. The number of hydrogen-bond donors (Lipinski definition) is 0. The second-order valence-electron chi connectivity index (χ2n) is 5.30. The molecule has 1 aliphatic rings. The van der Waals surface area contributed by atoms with Crippen LogP contribution in [0.4, 0.5) is 0 Å². The fraction of sp³-hybridized carbons (Fsp3) is 0.278. The van der Waals surface area contributed by atoms with E-state index in [1.807, 2.05) is 18.2 Å². The number of ketones is 1. The lowest BCUT2D eigenvalue weighted by molar-refractivity contribution is 0.0936. The molecule has 2 aromatic rings. The van der Waals surface area contributed by atoms with Crippen LogP contribution in [0.25, 0.3) is 0 Å². The van der Waals surface area contributed by atoms with Crippen LogP contribution in [-0.4, -0.2) is 5.78 Å². The van der Waals surface area contributed by atoms with Gasteiger partial charge in [0.25, 0.3) is 0 Å². The van der Waals surface area contributed by atoms with Crippen molar-refractivity contribution in [2.75, 3.05) is 0 Å². The van der Waals surface area contributed by atoms with Gasteiger partial charge >= 0.3 is 0 Å². The van der Waals surface area contributed by atoms with Gasteiger partial charge in [0.1, 0.15) is 0 Å². The van der Waals surface area contributed by atoms with E-state index in [4.69, 9.17) is 0 Å². The molecular formula is C18H18O. The highest BCUT2D eigenvalue weighted by Gasteiger charge is 2.29. The molecule has 1 aliphatic carbocycles. The average Bonchev–Trinajstić information content (AvgIpc) is 2.77. The van der Waals surface area contributed by atoms with E-state index in [2.05, 4.69) is 37.3 Å². The molecule has 1 unspecified atom stereocenters. The van der Waals surface area contributed by atoms with E-state index in [0.29, 0.717) is 5.78 Å². The number of rotatable bonds is 3. The smallest absolute Gasteiger partial charge is 0.166 e. The molecule has 96 valence electrons. The third kappa shape index (κ3) is 2.33. The zero-order valence-electron chi connectivity index (χ0n) is 11.2. The summed E-state index contributed by atoms with van der Waals surface area (Å²) in [7, 11) is 0. The summed E-state index contributed by atoms with van der Waals surface area (Å²) in [6.45, 7) is 2.16. The van der Waals surface area contributed by atoms with Crippen molar-refractivity contribution in [2.24, 2.45) is 5.92 Å². The van der Waals surface area contributed by atoms with Gasteiger partial charge in [-0.05, 0) is 36.0 Å². The summed E-state index contributed by atoms with van der Waals surface area (Å²) in [6, 6.07) is 16.7. The fourth-order valence-corrected chi connectivity index (χ4v) is 2.88. The van der Waals surface area contributed by atoms with Crippen molar-refractivity contribution in [3.8, 4) is 0 Å². The Kier molecular flexibility index (Phi) is 3.20. The van der Waals surface area contributed by atoms with Crippen LogP contribution in [0.15, 0.2) is 48.5 Å². The van der Waals surface area contributed by atoms with E-state index in [1.54, 1.807) is 0 Å². The zero-order valence-corrected chi connectivity index (χ0v) is 11.2. The SMILES string of the molecule is CCc1ccc(CC2Cc3ccccc3C2=O)cc1. The van der Waals surface area contributed by atoms with Crippen LogP contribution in [-0.2, 0) is 19.3 Å². The first-order valence-corrected chi connectivity index (χ1v) is 6.98. The van der Waals surface area contributed by atoms with Gasteiger partial charge in [-0.3, -0.25) is 4.79 Å². The highest BCUT2D eigenvalue weighted by Crippen LogP contribution is 2.29. The lowest BCUT2D eigenvalue weighted by Gasteiger charge is -2.08. The van der Waals surface area contributed by atoms with E-state index in [-0.39, 0.29) is 5.92 Å². The first-order chi connectivity index (χ1) is 9.28. The minimum absolute atomic E-state index is 0.130. The standard InChI is InChI=1S/C18H18O/c1-2-13-7-9-14(10-8-13)11-16-12-15-5-3-4-6-17(15)18(16)19/h3-10,16H,2,11-12H2,1H3. The molecule has 3 rings (SSSR count). The molecule has 0 aromatic heterocycles. The zero-order chi connectivity index (χ0) is 13.2. The Balaban J connectivity index is 1.77. The highest BCUT2D eigenvalue weighted by atomic mass is 16.1. The van der Waals surface area contributed by atoms with Crippen LogP contribution in [0, 0.1) is 5.92 Å². The number of hydrogen-bond acceptors (Lipinski definition) is 1. The number of fused-ring (bicyclic) bond motifs is 1. The van der Waals surface area contributed by atoms with Crippen LogP contribution >= 0.6 is 0 Å². The number of benzene rings is 2. The second-order valence-corrected chi connectivity index (χ2v) is 5.30. The summed E-state index contributed by atoms with van der Waals surface area (Å²) in [5, 5.41) is 0. The molecule has 0 spiro atoms. The van der Waals surface area contributed by atoms with Crippen molar-refractivity contribution < 1.29 is 4.79 Å². The van der Waals surface area contributed by atoms with Crippen molar-refractivity contribution in [1.82, 2.24) is 0 Å². The van der Waals surface area contributed by atoms with Gasteiger partial charge < -0.3 is 0 Å². The molecule has 19 heavy (non-hydrogen) atoms. The topological polar surface area (TPSA) is 17.1 Å².